The van der Waals surface area contributed by atoms with Gasteiger partial charge < -0.3 is 0 Å². The van der Waals surface area contributed by atoms with Crippen LogP contribution in [0.3, 0.4) is 0 Å². The lowest BCUT2D eigenvalue weighted by atomic mass is 10.0. The van der Waals surface area contributed by atoms with Crippen LogP contribution in [0, 0.1) is 11.3 Å². The summed E-state index contributed by atoms with van der Waals surface area (Å²) in [6, 6.07) is 7.85. The number of nitrogens with zero attached hydrogens (tertiary/aromatic N) is 3. The number of pyridine rings is 2. The van der Waals surface area contributed by atoms with Crippen LogP contribution in [-0.4, -0.2) is 9.97 Å². The van der Waals surface area contributed by atoms with Crippen molar-refractivity contribution in [3.8, 4) is 17.2 Å². The van der Waals surface area contributed by atoms with Crippen molar-refractivity contribution in [3.63, 3.8) is 0 Å². The molecule has 72 valence electrons. The van der Waals surface area contributed by atoms with E-state index in [1.807, 2.05) is 18.2 Å². The molecule has 0 bridgehead atoms. The summed E-state index contributed by atoms with van der Waals surface area (Å²) in [5, 5.41) is 8.71. The predicted molar refractivity (Wildman–Crippen MR) is 56.8 cm³/mol. The number of nitriles is 1. The fourth-order valence-corrected chi connectivity index (χ4v) is 1.44. The summed E-state index contributed by atoms with van der Waals surface area (Å²) in [5.74, 6) is 0. The third-order valence-corrected chi connectivity index (χ3v) is 2.15. The maximum absolute atomic E-state index is 8.71. The van der Waals surface area contributed by atoms with Crippen LogP contribution in [0.4, 0.5) is 0 Å². The topological polar surface area (TPSA) is 49.6 Å². The zero-order valence-electron chi connectivity index (χ0n) is 8.09. The minimum Gasteiger partial charge on any atom is -0.264 e. The second kappa shape index (κ2) is 4.34. The Hall–Kier alpha value is -2.21. The molecule has 0 N–H and O–H groups in total. The molecular weight excluding hydrogens is 186 g/mol. The Morgan fingerprint density at radius 1 is 1.13 bits per heavy atom. The molecule has 0 atom stereocenters. The molecular formula is C12H9N3. The van der Waals surface area contributed by atoms with E-state index in [4.69, 9.17) is 5.26 Å². The van der Waals surface area contributed by atoms with Crippen molar-refractivity contribution in [1.29, 1.82) is 5.26 Å². The molecule has 0 amide bonds. The zero-order valence-corrected chi connectivity index (χ0v) is 8.09. The monoisotopic (exact) mass is 195 g/mol. The summed E-state index contributed by atoms with van der Waals surface area (Å²) < 4.78 is 0. The Morgan fingerprint density at radius 2 is 2.00 bits per heavy atom. The molecule has 2 heterocycles. The molecule has 0 aliphatic rings. The van der Waals surface area contributed by atoms with Crippen molar-refractivity contribution in [3.05, 3.63) is 48.5 Å². The second-order valence-corrected chi connectivity index (χ2v) is 3.11. The smallest absolute Gasteiger partial charge is 0.0669 e. The molecule has 0 saturated carbocycles. The van der Waals surface area contributed by atoms with E-state index in [0.717, 1.165) is 16.7 Å². The van der Waals surface area contributed by atoms with Gasteiger partial charge in [-0.25, -0.2) is 0 Å². The maximum atomic E-state index is 8.71. The first kappa shape index (κ1) is 9.35. The summed E-state index contributed by atoms with van der Waals surface area (Å²) in [7, 11) is 0. The van der Waals surface area contributed by atoms with Gasteiger partial charge in [-0.1, -0.05) is 6.07 Å². The molecule has 3 heteroatoms. The highest BCUT2D eigenvalue weighted by Gasteiger charge is 2.03. The van der Waals surface area contributed by atoms with Gasteiger partial charge in [0.25, 0.3) is 0 Å². The molecule has 0 unspecified atom stereocenters. The van der Waals surface area contributed by atoms with E-state index < -0.39 is 0 Å². The van der Waals surface area contributed by atoms with E-state index in [9.17, 15) is 0 Å². The van der Waals surface area contributed by atoms with Gasteiger partial charge >= 0.3 is 0 Å². The first-order valence-corrected chi connectivity index (χ1v) is 4.62. The lowest BCUT2D eigenvalue weighted by Gasteiger charge is -2.04. The van der Waals surface area contributed by atoms with Crippen LogP contribution in [0.2, 0.25) is 0 Å². The summed E-state index contributed by atoms with van der Waals surface area (Å²) in [4.78, 5) is 8.12. The van der Waals surface area contributed by atoms with E-state index in [1.165, 1.54) is 0 Å². The van der Waals surface area contributed by atoms with E-state index in [-0.39, 0.29) is 0 Å². The van der Waals surface area contributed by atoms with Crippen LogP contribution in [0.5, 0.6) is 0 Å². The third-order valence-electron chi connectivity index (χ3n) is 2.15. The van der Waals surface area contributed by atoms with Gasteiger partial charge in [0.2, 0.25) is 0 Å². The molecule has 2 rings (SSSR count). The molecule has 2 aromatic rings. The first-order chi connectivity index (χ1) is 7.42. The van der Waals surface area contributed by atoms with Gasteiger partial charge in [0.05, 0.1) is 12.5 Å². The van der Waals surface area contributed by atoms with Gasteiger partial charge in [0.1, 0.15) is 0 Å². The normalized spacial score (nSPS) is 9.53. The molecule has 0 aromatic carbocycles. The molecule has 0 radical (unpaired) electrons. The molecule has 0 fully saturated rings. The van der Waals surface area contributed by atoms with Crippen LogP contribution in [-0.2, 0) is 6.42 Å². The highest BCUT2D eigenvalue weighted by molar-refractivity contribution is 5.65. The van der Waals surface area contributed by atoms with Crippen molar-refractivity contribution in [2.45, 2.75) is 6.42 Å². The van der Waals surface area contributed by atoms with E-state index >= 15 is 0 Å². The van der Waals surface area contributed by atoms with Crippen LogP contribution >= 0.6 is 0 Å². The Balaban J connectivity index is 2.49. The van der Waals surface area contributed by atoms with Gasteiger partial charge in [-0.15, -0.1) is 0 Å². The number of rotatable bonds is 2. The van der Waals surface area contributed by atoms with Gasteiger partial charge in [-0.05, 0) is 17.7 Å². The minimum absolute atomic E-state index is 0.396. The number of aromatic nitrogens is 2. The van der Waals surface area contributed by atoms with Crippen LogP contribution < -0.4 is 0 Å². The van der Waals surface area contributed by atoms with Crippen LogP contribution in [0.25, 0.3) is 11.1 Å². The molecule has 0 aliphatic carbocycles. The average Bonchev–Trinajstić information content (AvgIpc) is 2.31. The van der Waals surface area contributed by atoms with Crippen LogP contribution in [0.1, 0.15) is 5.56 Å². The van der Waals surface area contributed by atoms with Crippen molar-refractivity contribution < 1.29 is 0 Å². The van der Waals surface area contributed by atoms with Gasteiger partial charge in [0.15, 0.2) is 0 Å². The van der Waals surface area contributed by atoms with Gasteiger partial charge in [0, 0.05) is 35.9 Å². The van der Waals surface area contributed by atoms with Crippen molar-refractivity contribution in [2.24, 2.45) is 0 Å². The lowest BCUT2D eigenvalue weighted by molar-refractivity contribution is 1.21. The summed E-state index contributed by atoms with van der Waals surface area (Å²) in [6.45, 7) is 0. The average molecular weight is 195 g/mol. The van der Waals surface area contributed by atoms with Crippen LogP contribution in [0.15, 0.2) is 43.0 Å². The summed E-state index contributed by atoms with van der Waals surface area (Å²) in [5.41, 5.74) is 2.96. The Bertz CT molecular complexity index is 486. The molecule has 2 aromatic heterocycles. The van der Waals surface area contributed by atoms with E-state index in [2.05, 4.69) is 16.0 Å². The molecule has 0 aliphatic heterocycles. The highest BCUT2D eigenvalue weighted by atomic mass is 14.6. The standard InChI is InChI=1S/C12H9N3/c13-5-3-10-4-7-15-9-12(10)11-2-1-6-14-8-11/h1-2,4,6-9H,3H2. The Labute approximate surface area is 88.1 Å². The van der Waals surface area contributed by atoms with Crippen molar-refractivity contribution >= 4 is 0 Å². The minimum atomic E-state index is 0.396. The maximum Gasteiger partial charge on any atom is 0.0669 e. The summed E-state index contributed by atoms with van der Waals surface area (Å²) >= 11 is 0. The largest absolute Gasteiger partial charge is 0.264 e. The molecule has 0 saturated heterocycles. The Kier molecular flexibility index (Phi) is 2.70. The number of hydrogen-bond acceptors (Lipinski definition) is 3. The molecule has 0 spiro atoms. The second-order valence-electron chi connectivity index (χ2n) is 3.11. The van der Waals surface area contributed by atoms with Gasteiger partial charge in [-0.3, -0.25) is 9.97 Å². The fraction of sp³-hybridized carbons (Fsp3) is 0.0833. The SMILES string of the molecule is N#CCc1ccncc1-c1cccnc1. The zero-order chi connectivity index (χ0) is 10.5. The Morgan fingerprint density at radius 3 is 2.73 bits per heavy atom. The quantitative estimate of drug-likeness (QED) is 0.738. The number of hydrogen-bond donors (Lipinski definition) is 0. The lowest BCUT2D eigenvalue weighted by Crippen LogP contribution is -1.89. The highest BCUT2D eigenvalue weighted by Crippen LogP contribution is 2.21. The predicted octanol–water partition coefficient (Wildman–Crippen LogP) is 2.21. The van der Waals surface area contributed by atoms with Gasteiger partial charge in [-0.2, -0.15) is 5.26 Å². The molecule has 3 nitrogen and oxygen atoms in total. The first-order valence-electron chi connectivity index (χ1n) is 4.62. The summed E-state index contributed by atoms with van der Waals surface area (Å²) in [6.07, 6.45) is 7.37. The van der Waals surface area contributed by atoms with Crippen molar-refractivity contribution in [1.82, 2.24) is 9.97 Å². The van der Waals surface area contributed by atoms with Crippen molar-refractivity contribution in [2.75, 3.05) is 0 Å². The van der Waals surface area contributed by atoms with E-state index in [1.54, 1.807) is 24.8 Å². The molecule has 15 heavy (non-hydrogen) atoms. The van der Waals surface area contributed by atoms with E-state index in [0.29, 0.717) is 6.42 Å². The third kappa shape index (κ3) is 2.00. The fourth-order valence-electron chi connectivity index (χ4n) is 1.44.